The van der Waals surface area contributed by atoms with Crippen molar-refractivity contribution in [2.24, 2.45) is 0 Å². The molecule has 3 heteroatoms. The van der Waals surface area contributed by atoms with Gasteiger partial charge in [0.2, 0.25) is 0 Å². The Balaban J connectivity index is 2.59. The van der Waals surface area contributed by atoms with Gasteiger partial charge in [-0.3, -0.25) is 4.79 Å². The molecule has 0 heterocycles. The van der Waals surface area contributed by atoms with Crippen molar-refractivity contribution in [2.75, 3.05) is 5.75 Å². The largest absolute Gasteiger partial charge is 0.481 e. The van der Waals surface area contributed by atoms with Crippen LogP contribution in [0.15, 0.2) is 36.4 Å². The summed E-state index contributed by atoms with van der Waals surface area (Å²) in [6, 6.07) is 12.5. The van der Waals surface area contributed by atoms with E-state index in [0.717, 1.165) is 0 Å². The number of thioether (sulfide) groups is 1. The monoisotopic (exact) mass is 314 g/mol. The number of hydrogen-bond donors (Lipinski definition) is 1. The molecule has 0 saturated heterocycles. The SMILES string of the molecule is Cc1cccc(C)c1C(SCC(=O)O)c1c(C)cccc1C. The second-order valence-corrected chi connectivity index (χ2v) is 6.79. The van der Waals surface area contributed by atoms with Crippen LogP contribution in [0, 0.1) is 27.7 Å². The van der Waals surface area contributed by atoms with Gasteiger partial charge in [0, 0.05) is 0 Å². The fourth-order valence-corrected chi connectivity index (χ4v) is 4.33. The van der Waals surface area contributed by atoms with Crippen LogP contribution in [0.1, 0.15) is 38.6 Å². The van der Waals surface area contributed by atoms with Gasteiger partial charge in [-0.25, -0.2) is 0 Å². The summed E-state index contributed by atoms with van der Waals surface area (Å²) in [4.78, 5) is 11.1. The summed E-state index contributed by atoms with van der Waals surface area (Å²) in [7, 11) is 0. The molecule has 0 bridgehead atoms. The van der Waals surface area contributed by atoms with Crippen molar-refractivity contribution in [1.82, 2.24) is 0 Å². The zero-order valence-corrected chi connectivity index (χ0v) is 14.3. The average molecular weight is 314 g/mol. The van der Waals surface area contributed by atoms with Crippen LogP contribution < -0.4 is 0 Å². The number of carboxylic acid groups (broad SMARTS) is 1. The minimum absolute atomic E-state index is 0.0542. The van der Waals surface area contributed by atoms with Crippen LogP contribution in [0.5, 0.6) is 0 Å². The predicted octanol–water partition coefficient (Wildman–Crippen LogP) is 4.83. The van der Waals surface area contributed by atoms with Gasteiger partial charge in [0.1, 0.15) is 0 Å². The van der Waals surface area contributed by atoms with E-state index >= 15 is 0 Å². The lowest BCUT2D eigenvalue weighted by Gasteiger charge is -2.24. The molecule has 116 valence electrons. The smallest absolute Gasteiger partial charge is 0.313 e. The van der Waals surface area contributed by atoms with Crippen molar-refractivity contribution < 1.29 is 9.90 Å². The van der Waals surface area contributed by atoms with Crippen LogP contribution in [-0.2, 0) is 4.79 Å². The van der Waals surface area contributed by atoms with Gasteiger partial charge in [-0.1, -0.05) is 36.4 Å². The fourth-order valence-electron chi connectivity index (χ4n) is 2.95. The van der Waals surface area contributed by atoms with Gasteiger partial charge < -0.3 is 5.11 Å². The lowest BCUT2D eigenvalue weighted by atomic mass is 9.91. The molecule has 0 aliphatic carbocycles. The van der Waals surface area contributed by atoms with Crippen molar-refractivity contribution in [3.05, 3.63) is 69.8 Å². The Kier molecular flexibility index (Phi) is 5.30. The van der Waals surface area contributed by atoms with Crippen LogP contribution in [-0.4, -0.2) is 16.8 Å². The van der Waals surface area contributed by atoms with E-state index in [4.69, 9.17) is 5.11 Å². The number of benzene rings is 2. The van der Waals surface area contributed by atoms with E-state index in [9.17, 15) is 4.79 Å². The predicted molar refractivity (Wildman–Crippen MR) is 93.8 cm³/mol. The zero-order valence-electron chi connectivity index (χ0n) is 13.5. The third-order valence-corrected chi connectivity index (χ3v) is 5.20. The number of aryl methyl sites for hydroxylation is 4. The summed E-state index contributed by atoms with van der Waals surface area (Å²) in [5.41, 5.74) is 7.34. The first-order valence-electron chi connectivity index (χ1n) is 7.37. The molecule has 1 N–H and O–H groups in total. The molecule has 0 radical (unpaired) electrons. The molecule has 0 spiro atoms. The van der Waals surface area contributed by atoms with Crippen LogP contribution in [0.25, 0.3) is 0 Å². The van der Waals surface area contributed by atoms with Crippen molar-refractivity contribution in [3.8, 4) is 0 Å². The van der Waals surface area contributed by atoms with E-state index in [-0.39, 0.29) is 11.0 Å². The highest BCUT2D eigenvalue weighted by atomic mass is 32.2. The normalized spacial score (nSPS) is 11.0. The molecule has 0 amide bonds. The molecule has 0 unspecified atom stereocenters. The zero-order chi connectivity index (χ0) is 16.3. The quantitative estimate of drug-likeness (QED) is 0.859. The fraction of sp³-hybridized carbons (Fsp3) is 0.316. The maximum atomic E-state index is 11.1. The molecule has 2 aromatic rings. The second-order valence-electron chi connectivity index (χ2n) is 5.70. The minimum Gasteiger partial charge on any atom is -0.481 e. The van der Waals surface area contributed by atoms with Crippen LogP contribution in [0.3, 0.4) is 0 Å². The van der Waals surface area contributed by atoms with Crippen LogP contribution >= 0.6 is 11.8 Å². The number of carbonyl (C=O) groups is 1. The summed E-state index contributed by atoms with van der Waals surface area (Å²) in [5.74, 6) is -0.667. The number of rotatable bonds is 5. The highest BCUT2D eigenvalue weighted by Gasteiger charge is 2.23. The molecule has 0 atom stereocenters. The molecule has 22 heavy (non-hydrogen) atoms. The van der Waals surface area contributed by atoms with Gasteiger partial charge in [0.05, 0.1) is 11.0 Å². The van der Waals surface area contributed by atoms with Crippen molar-refractivity contribution in [3.63, 3.8) is 0 Å². The van der Waals surface area contributed by atoms with E-state index in [1.54, 1.807) is 0 Å². The van der Waals surface area contributed by atoms with E-state index in [1.165, 1.54) is 45.1 Å². The Bertz CT molecular complexity index is 600. The molecular formula is C19H22O2S. The van der Waals surface area contributed by atoms with E-state index in [0.29, 0.717) is 0 Å². The number of aliphatic carboxylic acids is 1. The van der Waals surface area contributed by atoms with E-state index in [2.05, 4.69) is 64.1 Å². The molecular weight excluding hydrogens is 292 g/mol. The van der Waals surface area contributed by atoms with Gasteiger partial charge in [-0.05, 0) is 61.1 Å². The third kappa shape index (κ3) is 3.53. The lowest BCUT2D eigenvalue weighted by Crippen LogP contribution is -2.09. The first-order valence-corrected chi connectivity index (χ1v) is 8.42. The summed E-state index contributed by atoms with van der Waals surface area (Å²) in [6.07, 6.45) is 0. The molecule has 0 fully saturated rings. The topological polar surface area (TPSA) is 37.3 Å². The van der Waals surface area contributed by atoms with Crippen LogP contribution in [0.4, 0.5) is 0 Å². The Labute approximate surface area is 136 Å². The van der Waals surface area contributed by atoms with Gasteiger partial charge >= 0.3 is 5.97 Å². The second kappa shape index (κ2) is 7.01. The Morgan fingerprint density at radius 2 is 1.27 bits per heavy atom. The average Bonchev–Trinajstić information content (AvgIpc) is 2.43. The van der Waals surface area contributed by atoms with Crippen LogP contribution in [0.2, 0.25) is 0 Å². The molecule has 2 aromatic carbocycles. The van der Waals surface area contributed by atoms with Gasteiger partial charge in [-0.2, -0.15) is 0 Å². The molecule has 0 aliphatic heterocycles. The van der Waals surface area contributed by atoms with Crippen molar-refractivity contribution in [2.45, 2.75) is 32.9 Å². The Morgan fingerprint density at radius 3 is 1.59 bits per heavy atom. The maximum Gasteiger partial charge on any atom is 0.313 e. The minimum atomic E-state index is -0.771. The molecule has 0 aromatic heterocycles. The Hall–Kier alpha value is -1.74. The first kappa shape index (κ1) is 16.6. The van der Waals surface area contributed by atoms with E-state index < -0.39 is 5.97 Å². The number of hydrogen-bond acceptors (Lipinski definition) is 2. The highest BCUT2D eigenvalue weighted by Crippen LogP contribution is 2.41. The molecule has 0 aliphatic rings. The summed E-state index contributed by atoms with van der Waals surface area (Å²) in [6.45, 7) is 8.41. The molecule has 2 rings (SSSR count). The van der Waals surface area contributed by atoms with Crippen molar-refractivity contribution in [1.29, 1.82) is 0 Å². The summed E-state index contributed by atoms with van der Waals surface area (Å²) in [5, 5.41) is 9.17. The van der Waals surface area contributed by atoms with Gasteiger partial charge in [0.15, 0.2) is 0 Å². The number of carboxylic acids is 1. The lowest BCUT2D eigenvalue weighted by molar-refractivity contribution is -0.133. The van der Waals surface area contributed by atoms with Crippen molar-refractivity contribution >= 4 is 17.7 Å². The Morgan fingerprint density at radius 1 is 0.909 bits per heavy atom. The first-order chi connectivity index (χ1) is 10.4. The molecule has 0 saturated carbocycles. The maximum absolute atomic E-state index is 11.1. The highest BCUT2D eigenvalue weighted by molar-refractivity contribution is 8.00. The summed E-state index contributed by atoms with van der Waals surface area (Å²) >= 11 is 1.49. The van der Waals surface area contributed by atoms with Gasteiger partial charge in [0.25, 0.3) is 0 Å². The molecule has 2 nitrogen and oxygen atoms in total. The third-order valence-electron chi connectivity index (χ3n) is 3.98. The standard InChI is InChI=1S/C19H22O2S/c1-12-7-5-8-13(2)17(12)19(22-11-16(20)21)18-14(3)9-6-10-15(18)4/h5-10,19H,11H2,1-4H3,(H,20,21). The van der Waals surface area contributed by atoms with E-state index in [1.807, 2.05) is 0 Å². The van der Waals surface area contributed by atoms with Gasteiger partial charge in [-0.15, -0.1) is 11.8 Å². The summed E-state index contributed by atoms with van der Waals surface area (Å²) < 4.78 is 0.